The summed E-state index contributed by atoms with van der Waals surface area (Å²) in [4.78, 5) is 23.9. The van der Waals surface area contributed by atoms with Gasteiger partial charge in [0.1, 0.15) is 12.3 Å². The summed E-state index contributed by atoms with van der Waals surface area (Å²) < 4.78 is 33.4. The van der Waals surface area contributed by atoms with Gasteiger partial charge in [0, 0.05) is 0 Å². The molecule has 0 spiro atoms. The molecule has 2 N–H and O–H groups in total. The van der Waals surface area contributed by atoms with Gasteiger partial charge >= 0.3 is 5.97 Å². The zero-order chi connectivity index (χ0) is 19.8. The smallest absolute Gasteiger partial charge is 0.323 e. The molecule has 0 aromatic heterocycles. The summed E-state index contributed by atoms with van der Waals surface area (Å²) >= 11 is 0. The molecule has 27 heavy (non-hydrogen) atoms. The first kappa shape index (κ1) is 18.7. The lowest BCUT2D eigenvalue weighted by molar-refractivity contribution is -0.137. The monoisotopic (exact) mass is 390 g/mol. The van der Waals surface area contributed by atoms with Gasteiger partial charge in [-0.05, 0) is 49.2 Å². The van der Waals surface area contributed by atoms with Gasteiger partial charge in [0.05, 0.1) is 16.3 Å². The van der Waals surface area contributed by atoms with Crippen molar-refractivity contribution in [2.24, 2.45) is 0 Å². The van der Waals surface area contributed by atoms with E-state index in [2.05, 4.69) is 4.72 Å². The van der Waals surface area contributed by atoms with E-state index in [4.69, 9.17) is 9.84 Å². The van der Waals surface area contributed by atoms with Crippen LogP contribution in [0, 0.1) is 13.8 Å². The van der Waals surface area contributed by atoms with Gasteiger partial charge in [-0.1, -0.05) is 12.1 Å². The maximum absolute atomic E-state index is 12.8. The molecule has 0 atom stereocenters. The first-order valence-corrected chi connectivity index (χ1v) is 9.55. The minimum absolute atomic E-state index is 0.101. The Labute approximate surface area is 156 Å². The fourth-order valence-electron chi connectivity index (χ4n) is 2.71. The minimum atomic E-state index is -3.95. The highest BCUT2D eigenvalue weighted by atomic mass is 32.2. The molecular weight excluding hydrogens is 372 g/mol. The lowest BCUT2D eigenvalue weighted by Crippen LogP contribution is -2.42. The first-order valence-electron chi connectivity index (χ1n) is 8.06. The van der Waals surface area contributed by atoms with Crippen LogP contribution in [0.5, 0.6) is 5.75 Å². The third-order valence-corrected chi connectivity index (χ3v) is 5.48. The Kier molecular flexibility index (Phi) is 4.79. The molecule has 2 aromatic carbocycles. The van der Waals surface area contributed by atoms with Gasteiger partial charge in [0.2, 0.25) is 0 Å². The van der Waals surface area contributed by atoms with Gasteiger partial charge in [-0.3, -0.25) is 19.2 Å². The largest absolute Gasteiger partial charge is 0.482 e. The van der Waals surface area contributed by atoms with Gasteiger partial charge in [-0.2, -0.15) is 0 Å². The summed E-state index contributed by atoms with van der Waals surface area (Å²) in [5, 5.41) is 9.02. The van der Waals surface area contributed by atoms with E-state index in [-0.39, 0.29) is 22.9 Å². The number of aryl methyl sites for hydroxylation is 2. The fraction of sp³-hybridized carbons (Fsp3) is 0.222. The number of fused-ring (bicyclic) bond motifs is 1. The molecule has 0 saturated carbocycles. The number of hydrogen-bond acceptors (Lipinski definition) is 5. The number of anilines is 2. The number of carboxylic acids is 1. The molecule has 142 valence electrons. The van der Waals surface area contributed by atoms with Crippen LogP contribution < -0.4 is 14.4 Å². The van der Waals surface area contributed by atoms with Crippen LogP contribution in [0.3, 0.4) is 0 Å². The van der Waals surface area contributed by atoms with Crippen LogP contribution in [-0.4, -0.2) is 38.6 Å². The highest BCUT2D eigenvalue weighted by Crippen LogP contribution is 2.34. The molecule has 1 amide bonds. The van der Waals surface area contributed by atoms with E-state index in [0.717, 1.165) is 16.0 Å². The topological polar surface area (TPSA) is 113 Å². The molecule has 3 rings (SSSR count). The average molecular weight is 390 g/mol. The normalized spacial score (nSPS) is 13.7. The number of aliphatic carboxylic acids is 1. The summed E-state index contributed by atoms with van der Waals surface area (Å²) in [7, 11) is -3.95. The van der Waals surface area contributed by atoms with Gasteiger partial charge in [-0.15, -0.1) is 0 Å². The minimum Gasteiger partial charge on any atom is -0.482 e. The second kappa shape index (κ2) is 6.92. The van der Waals surface area contributed by atoms with Crippen molar-refractivity contribution in [3.8, 4) is 5.75 Å². The number of ether oxygens (including phenoxy) is 1. The number of rotatable bonds is 5. The molecule has 1 aliphatic heterocycles. The van der Waals surface area contributed by atoms with E-state index in [1.165, 1.54) is 18.2 Å². The molecule has 0 fully saturated rings. The molecule has 0 aliphatic carbocycles. The van der Waals surface area contributed by atoms with Crippen LogP contribution in [0.15, 0.2) is 41.3 Å². The lowest BCUT2D eigenvalue weighted by Gasteiger charge is -2.28. The number of nitrogens with zero attached hydrogens (tertiary/aromatic N) is 1. The molecule has 1 heterocycles. The van der Waals surface area contributed by atoms with Crippen molar-refractivity contribution < 1.29 is 27.9 Å². The fourth-order valence-corrected chi connectivity index (χ4v) is 3.85. The van der Waals surface area contributed by atoms with Crippen LogP contribution in [0.4, 0.5) is 11.4 Å². The lowest BCUT2D eigenvalue weighted by atomic mass is 10.1. The highest BCUT2D eigenvalue weighted by Gasteiger charge is 2.29. The predicted octanol–water partition coefficient (Wildman–Crippen LogP) is 1.91. The van der Waals surface area contributed by atoms with Crippen LogP contribution in [-0.2, 0) is 19.6 Å². The third-order valence-electron chi connectivity index (χ3n) is 4.11. The standard InChI is InChI=1S/C18H18N2O6S/c1-11-3-4-12(2)14(7-11)19-27(24,25)13-5-6-16-15(8-13)20(9-18(22)23)17(21)10-26-16/h3-8,19H,9-10H2,1-2H3,(H,22,23). The van der Waals surface area contributed by atoms with Crippen LogP contribution in [0.25, 0.3) is 0 Å². The average Bonchev–Trinajstić information content (AvgIpc) is 2.60. The van der Waals surface area contributed by atoms with Crippen molar-refractivity contribution in [1.82, 2.24) is 0 Å². The molecule has 8 nitrogen and oxygen atoms in total. The Balaban J connectivity index is 2.00. The number of carbonyl (C=O) groups excluding carboxylic acids is 1. The molecule has 0 bridgehead atoms. The molecule has 0 unspecified atom stereocenters. The molecule has 9 heteroatoms. The number of carbonyl (C=O) groups is 2. The van der Waals surface area contributed by atoms with E-state index >= 15 is 0 Å². The number of nitrogens with one attached hydrogen (secondary N) is 1. The van der Waals surface area contributed by atoms with Crippen LogP contribution in [0.2, 0.25) is 0 Å². The Morgan fingerprint density at radius 2 is 1.96 bits per heavy atom. The van der Waals surface area contributed by atoms with Crippen molar-refractivity contribution in [3.63, 3.8) is 0 Å². The quantitative estimate of drug-likeness (QED) is 0.806. The second-order valence-electron chi connectivity index (χ2n) is 6.22. The molecule has 0 saturated heterocycles. The SMILES string of the molecule is Cc1ccc(C)c(NS(=O)(=O)c2ccc3c(c2)N(CC(=O)O)C(=O)CO3)c1. The molecular formula is C18H18N2O6S. The zero-order valence-corrected chi connectivity index (χ0v) is 15.5. The number of amides is 1. The maximum atomic E-state index is 12.8. The number of hydrogen-bond donors (Lipinski definition) is 2. The molecule has 0 radical (unpaired) electrons. The van der Waals surface area contributed by atoms with Gasteiger partial charge in [0.15, 0.2) is 6.61 Å². The summed E-state index contributed by atoms with van der Waals surface area (Å²) in [6, 6.07) is 9.40. The van der Waals surface area contributed by atoms with Crippen LogP contribution in [0.1, 0.15) is 11.1 Å². The Morgan fingerprint density at radius 3 is 2.67 bits per heavy atom. The van der Waals surface area contributed by atoms with Crippen molar-refractivity contribution in [2.45, 2.75) is 18.7 Å². The molecule has 1 aliphatic rings. The summed E-state index contributed by atoms with van der Waals surface area (Å²) in [6.07, 6.45) is 0. The van der Waals surface area contributed by atoms with Crippen LogP contribution >= 0.6 is 0 Å². The Bertz CT molecular complexity index is 1030. The van der Waals surface area contributed by atoms with E-state index in [0.29, 0.717) is 5.69 Å². The van der Waals surface area contributed by atoms with Gasteiger partial charge in [0.25, 0.3) is 15.9 Å². The Hall–Kier alpha value is -3.07. The van der Waals surface area contributed by atoms with E-state index in [9.17, 15) is 18.0 Å². The highest BCUT2D eigenvalue weighted by molar-refractivity contribution is 7.92. The zero-order valence-electron chi connectivity index (χ0n) is 14.7. The van der Waals surface area contributed by atoms with E-state index < -0.39 is 28.4 Å². The maximum Gasteiger partial charge on any atom is 0.323 e. The van der Waals surface area contributed by atoms with Crippen molar-refractivity contribution >= 4 is 33.3 Å². The van der Waals surface area contributed by atoms with Gasteiger partial charge < -0.3 is 9.84 Å². The van der Waals surface area contributed by atoms with Crippen molar-refractivity contribution in [3.05, 3.63) is 47.5 Å². The number of sulfonamides is 1. The number of benzene rings is 2. The molecule has 2 aromatic rings. The third kappa shape index (κ3) is 3.87. The first-order chi connectivity index (χ1) is 12.7. The predicted molar refractivity (Wildman–Crippen MR) is 98.7 cm³/mol. The Morgan fingerprint density at radius 1 is 1.22 bits per heavy atom. The van der Waals surface area contributed by atoms with E-state index in [1.807, 2.05) is 13.0 Å². The summed E-state index contributed by atoms with van der Waals surface area (Å²) in [5.74, 6) is -1.51. The van der Waals surface area contributed by atoms with Crippen molar-refractivity contribution in [1.29, 1.82) is 0 Å². The van der Waals surface area contributed by atoms with Crippen molar-refractivity contribution in [2.75, 3.05) is 22.8 Å². The summed E-state index contributed by atoms with van der Waals surface area (Å²) in [5.41, 5.74) is 2.21. The second-order valence-corrected chi connectivity index (χ2v) is 7.90. The van der Waals surface area contributed by atoms with E-state index in [1.54, 1.807) is 19.1 Å². The number of carboxylic acid groups (broad SMARTS) is 1. The van der Waals surface area contributed by atoms with Gasteiger partial charge in [-0.25, -0.2) is 8.42 Å². The summed E-state index contributed by atoms with van der Waals surface area (Å²) in [6.45, 7) is 2.75.